The van der Waals surface area contributed by atoms with Crippen LogP contribution >= 0.6 is 0 Å². The second-order valence-electron chi connectivity index (χ2n) is 8.36. The van der Waals surface area contributed by atoms with Crippen molar-refractivity contribution >= 4 is 22.5 Å². The molecule has 1 aliphatic rings. The maximum atomic E-state index is 12.2. The summed E-state index contributed by atoms with van der Waals surface area (Å²) in [4.78, 5) is 19.5. The van der Waals surface area contributed by atoms with Crippen LogP contribution in [0.5, 0.6) is 5.75 Å². The summed E-state index contributed by atoms with van der Waals surface area (Å²) in [5.74, 6) is 0.918. The van der Waals surface area contributed by atoms with E-state index in [1.807, 2.05) is 19.2 Å². The Bertz CT molecular complexity index is 1080. The molecule has 0 aliphatic carbocycles. The minimum atomic E-state index is 0.0156. The molecule has 6 nitrogen and oxygen atoms in total. The fourth-order valence-electron chi connectivity index (χ4n) is 4.44. The van der Waals surface area contributed by atoms with Gasteiger partial charge in [0.05, 0.1) is 24.2 Å². The van der Waals surface area contributed by atoms with Gasteiger partial charge in [-0.15, -0.1) is 0 Å². The summed E-state index contributed by atoms with van der Waals surface area (Å²) in [6.45, 7) is 2.59. The first-order valence-corrected chi connectivity index (χ1v) is 11.3. The van der Waals surface area contributed by atoms with Crippen LogP contribution in [0, 0.1) is 5.92 Å². The number of pyridine rings is 1. The molecule has 2 aromatic carbocycles. The molecular weight excluding hydrogens is 400 g/mol. The molecule has 0 saturated carbocycles. The monoisotopic (exact) mass is 432 g/mol. The maximum absolute atomic E-state index is 12.2. The van der Waals surface area contributed by atoms with Crippen molar-refractivity contribution in [1.29, 1.82) is 0 Å². The van der Waals surface area contributed by atoms with Gasteiger partial charge < -0.3 is 20.3 Å². The normalized spacial score (nSPS) is 15.8. The molecule has 32 heavy (non-hydrogen) atoms. The van der Waals surface area contributed by atoms with Crippen molar-refractivity contribution in [2.24, 2.45) is 5.92 Å². The van der Waals surface area contributed by atoms with Crippen LogP contribution in [0.25, 0.3) is 22.2 Å². The molecule has 3 aromatic rings. The molecule has 1 fully saturated rings. The molecule has 1 unspecified atom stereocenters. The summed E-state index contributed by atoms with van der Waals surface area (Å²) in [7, 11) is 5.37. The highest BCUT2D eigenvalue weighted by Gasteiger charge is 2.29. The van der Waals surface area contributed by atoms with E-state index < -0.39 is 0 Å². The van der Waals surface area contributed by atoms with E-state index in [2.05, 4.69) is 51.9 Å². The first kappa shape index (κ1) is 22.1. The maximum Gasteiger partial charge on any atom is 0.224 e. The van der Waals surface area contributed by atoms with E-state index in [1.165, 1.54) is 5.56 Å². The third-order valence-corrected chi connectivity index (χ3v) is 6.28. The predicted molar refractivity (Wildman–Crippen MR) is 130 cm³/mol. The van der Waals surface area contributed by atoms with Crippen LogP contribution in [0.1, 0.15) is 18.4 Å². The number of carbonyl (C=O) groups excluding carboxylic acids is 1. The third kappa shape index (κ3) is 4.70. The number of anilines is 1. The largest absolute Gasteiger partial charge is 0.497 e. The molecule has 2 N–H and O–H groups in total. The number of benzene rings is 2. The van der Waals surface area contributed by atoms with E-state index in [4.69, 9.17) is 9.72 Å². The molecule has 1 aromatic heterocycles. The van der Waals surface area contributed by atoms with Crippen molar-refractivity contribution in [3.8, 4) is 17.0 Å². The average molecular weight is 433 g/mol. The highest BCUT2D eigenvalue weighted by atomic mass is 16.5. The Morgan fingerprint density at radius 2 is 1.97 bits per heavy atom. The summed E-state index contributed by atoms with van der Waals surface area (Å²) in [6.07, 6.45) is 3.04. The number of hydrogen-bond donors (Lipinski definition) is 2. The number of hydrogen-bond acceptors (Lipinski definition) is 5. The number of nitrogens with one attached hydrogen (secondary N) is 2. The van der Waals surface area contributed by atoms with Crippen LogP contribution in [0.2, 0.25) is 0 Å². The Kier molecular flexibility index (Phi) is 6.90. The van der Waals surface area contributed by atoms with Crippen LogP contribution in [0.4, 0.5) is 5.69 Å². The van der Waals surface area contributed by atoms with Gasteiger partial charge in [0.1, 0.15) is 5.75 Å². The number of amides is 1. The van der Waals surface area contributed by atoms with Crippen molar-refractivity contribution in [3.05, 3.63) is 54.1 Å². The first-order valence-electron chi connectivity index (χ1n) is 11.3. The number of carbonyl (C=O) groups is 1. The number of ether oxygens (including phenoxy) is 1. The van der Waals surface area contributed by atoms with E-state index in [-0.39, 0.29) is 11.8 Å². The number of aromatic nitrogens is 1. The third-order valence-electron chi connectivity index (χ3n) is 6.28. The summed E-state index contributed by atoms with van der Waals surface area (Å²) in [6, 6.07) is 16.9. The summed E-state index contributed by atoms with van der Waals surface area (Å²) in [5.41, 5.74) is 5.39. The van der Waals surface area contributed by atoms with Crippen molar-refractivity contribution in [3.63, 3.8) is 0 Å². The quantitative estimate of drug-likeness (QED) is 0.532. The Labute approximate surface area is 190 Å². The predicted octanol–water partition coefficient (Wildman–Crippen LogP) is 3.63. The van der Waals surface area contributed by atoms with Crippen LogP contribution in [-0.4, -0.2) is 51.7 Å². The van der Waals surface area contributed by atoms with Gasteiger partial charge in [-0.3, -0.25) is 4.79 Å². The van der Waals surface area contributed by atoms with Crippen molar-refractivity contribution in [2.45, 2.75) is 19.3 Å². The van der Waals surface area contributed by atoms with Crippen LogP contribution < -0.4 is 20.3 Å². The number of nitrogens with zero attached hydrogens (tertiary/aromatic N) is 2. The molecule has 6 heteroatoms. The molecule has 4 rings (SSSR count). The number of fused-ring (bicyclic) bond motifs is 1. The minimum Gasteiger partial charge on any atom is -0.497 e. The lowest BCUT2D eigenvalue weighted by Gasteiger charge is -2.22. The summed E-state index contributed by atoms with van der Waals surface area (Å²) < 4.78 is 5.45. The molecule has 0 radical (unpaired) electrons. The second-order valence-corrected chi connectivity index (χ2v) is 8.36. The smallest absolute Gasteiger partial charge is 0.224 e. The van der Waals surface area contributed by atoms with Gasteiger partial charge in [0, 0.05) is 42.8 Å². The van der Waals surface area contributed by atoms with Gasteiger partial charge in [-0.2, -0.15) is 0 Å². The van der Waals surface area contributed by atoms with E-state index in [0.717, 1.165) is 65.9 Å². The fourth-order valence-corrected chi connectivity index (χ4v) is 4.44. The lowest BCUT2D eigenvalue weighted by Crippen LogP contribution is -2.30. The molecule has 0 bridgehead atoms. The fraction of sp³-hybridized carbons (Fsp3) is 0.385. The summed E-state index contributed by atoms with van der Waals surface area (Å²) >= 11 is 0. The summed E-state index contributed by atoms with van der Waals surface area (Å²) in [5, 5.41) is 7.07. The van der Waals surface area contributed by atoms with Gasteiger partial charge in [0.2, 0.25) is 5.91 Å². The first-order chi connectivity index (χ1) is 15.6. The second kappa shape index (κ2) is 10.0. The lowest BCUT2D eigenvalue weighted by molar-refractivity contribution is -0.123. The van der Waals surface area contributed by atoms with Gasteiger partial charge in [-0.05, 0) is 56.6 Å². The van der Waals surface area contributed by atoms with Crippen molar-refractivity contribution < 1.29 is 9.53 Å². The zero-order valence-corrected chi connectivity index (χ0v) is 19.1. The lowest BCUT2D eigenvalue weighted by atomic mass is 10.0. The highest BCUT2D eigenvalue weighted by Crippen LogP contribution is 2.35. The molecule has 2 heterocycles. The molecule has 1 aliphatic heterocycles. The zero-order valence-electron chi connectivity index (χ0n) is 19.1. The standard InChI is InChI=1S/C26H32N4O2/c1-27-13-4-5-18-6-8-19(9-7-18)23-16-25(30-14-12-20(17-30)26(31)28-2)22-11-10-21(32-3)15-24(22)29-23/h6-11,15-16,20,27H,4-5,12-14,17H2,1-3H3,(H,28,31). The van der Waals surface area contributed by atoms with E-state index in [1.54, 1.807) is 14.2 Å². The van der Waals surface area contributed by atoms with Gasteiger partial charge in [0.25, 0.3) is 0 Å². The molecule has 1 atom stereocenters. The Morgan fingerprint density at radius 3 is 2.69 bits per heavy atom. The Morgan fingerprint density at radius 1 is 1.16 bits per heavy atom. The van der Waals surface area contributed by atoms with Crippen molar-refractivity contribution in [1.82, 2.24) is 15.6 Å². The van der Waals surface area contributed by atoms with Crippen molar-refractivity contribution in [2.75, 3.05) is 45.7 Å². The zero-order chi connectivity index (χ0) is 22.5. The Hall–Kier alpha value is -3.12. The van der Waals surface area contributed by atoms with E-state index in [9.17, 15) is 4.79 Å². The van der Waals surface area contributed by atoms with Gasteiger partial charge >= 0.3 is 0 Å². The molecule has 0 spiro atoms. The van der Waals surface area contributed by atoms with Gasteiger partial charge in [0.15, 0.2) is 0 Å². The number of methoxy groups -OCH3 is 1. The van der Waals surface area contributed by atoms with Crippen LogP contribution in [-0.2, 0) is 11.2 Å². The number of rotatable bonds is 8. The Balaban J connectivity index is 1.69. The SMILES string of the molecule is CNCCCc1ccc(-c2cc(N3CCC(C(=O)NC)C3)c3ccc(OC)cc3n2)cc1. The average Bonchev–Trinajstić information content (AvgIpc) is 3.33. The highest BCUT2D eigenvalue weighted by molar-refractivity contribution is 5.95. The minimum absolute atomic E-state index is 0.0156. The number of aryl methyl sites for hydroxylation is 1. The molecular formula is C26H32N4O2. The van der Waals surface area contributed by atoms with Gasteiger partial charge in [-0.1, -0.05) is 24.3 Å². The topological polar surface area (TPSA) is 66.5 Å². The molecule has 1 amide bonds. The molecule has 1 saturated heterocycles. The van der Waals surface area contributed by atoms with E-state index in [0.29, 0.717) is 6.54 Å². The van der Waals surface area contributed by atoms with Crippen LogP contribution in [0.3, 0.4) is 0 Å². The van der Waals surface area contributed by atoms with E-state index >= 15 is 0 Å². The molecule has 168 valence electrons. The van der Waals surface area contributed by atoms with Gasteiger partial charge in [-0.25, -0.2) is 4.98 Å². The van der Waals surface area contributed by atoms with Crippen LogP contribution in [0.15, 0.2) is 48.5 Å².